The fourth-order valence-corrected chi connectivity index (χ4v) is 4.25. The summed E-state index contributed by atoms with van der Waals surface area (Å²) in [7, 11) is 0. The topological polar surface area (TPSA) is 118 Å². The van der Waals surface area contributed by atoms with Crippen molar-refractivity contribution in [3.05, 3.63) is 48.0 Å². The molecule has 2 fully saturated rings. The van der Waals surface area contributed by atoms with Crippen molar-refractivity contribution in [2.75, 3.05) is 0 Å². The summed E-state index contributed by atoms with van der Waals surface area (Å²) in [5.74, 6) is -1.48. The number of halogens is 1. The molecule has 2 aliphatic rings. The van der Waals surface area contributed by atoms with E-state index in [2.05, 4.69) is 15.4 Å². The van der Waals surface area contributed by atoms with Crippen molar-refractivity contribution in [1.82, 2.24) is 10.6 Å². The van der Waals surface area contributed by atoms with Crippen LogP contribution in [0.5, 0.6) is 0 Å². The van der Waals surface area contributed by atoms with Gasteiger partial charge < -0.3 is 24.9 Å². The van der Waals surface area contributed by atoms with Gasteiger partial charge >= 0.3 is 5.97 Å². The Bertz CT molecular complexity index is 1000. The number of ether oxygens (including phenoxy) is 1. The van der Waals surface area contributed by atoms with Crippen LogP contribution in [0.3, 0.4) is 0 Å². The molecule has 1 saturated carbocycles. The molecule has 0 radical (unpaired) electrons. The van der Waals surface area contributed by atoms with Gasteiger partial charge in [-0.2, -0.15) is 0 Å². The minimum Gasteiger partial charge on any atom is -0.451 e. The van der Waals surface area contributed by atoms with Crippen LogP contribution in [0.15, 0.2) is 40.8 Å². The van der Waals surface area contributed by atoms with E-state index in [1.807, 2.05) is 0 Å². The molecule has 3 N–H and O–H groups in total. The number of esters is 1. The van der Waals surface area contributed by atoms with E-state index in [-0.39, 0.29) is 18.1 Å². The van der Waals surface area contributed by atoms with Gasteiger partial charge in [-0.15, -0.1) is 0 Å². The highest BCUT2D eigenvalue weighted by molar-refractivity contribution is 5.96. The molecule has 0 spiro atoms. The van der Waals surface area contributed by atoms with E-state index in [9.17, 15) is 23.9 Å². The molecular formula is C23H25FN2O6. The highest BCUT2D eigenvalue weighted by Crippen LogP contribution is 2.29. The molecule has 3 atom stereocenters. The molecule has 1 saturated heterocycles. The molecule has 2 heterocycles. The van der Waals surface area contributed by atoms with E-state index in [4.69, 9.17) is 4.42 Å². The van der Waals surface area contributed by atoms with Gasteiger partial charge in [-0.1, -0.05) is 37.8 Å². The number of furan rings is 1. The fraction of sp³-hybridized carbons (Fsp3) is 0.435. The van der Waals surface area contributed by atoms with Crippen LogP contribution in [0.2, 0.25) is 0 Å². The number of carbonyl (C=O) groups is 3. The van der Waals surface area contributed by atoms with Gasteiger partial charge in [0.2, 0.25) is 12.2 Å². The number of cyclic esters (lactones) is 1. The molecule has 1 unspecified atom stereocenters. The zero-order valence-electron chi connectivity index (χ0n) is 17.4. The first-order chi connectivity index (χ1) is 15.4. The van der Waals surface area contributed by atoms with Crippen LogP contribution in [0, 0.1) is 11.7 Å². The summed E-state index contributed by atoms with van der Waals surface area (Å²) >= 11 is 0. The van der Waals surface area contributed by atoms with E-state index < -0.39 is 42.0 Å². The maximum atomic E-state index is 13.5. The van der Waals surface area contributed by atoms with Crippen LogP contribution in [-0.2, 0) is 14.3 Å². The summed E-state index contributed by atoms with van der Waals surface area (Å²) in [5, 5.41) is 15.1. The van der Waals surface area contributed by atoms with Crippen LogP contribution in [0.25, 0.3) is 11.3 Å². The molecular weight excluding hydrogens is 419 g/mol. The Hall–Kier alpha value is -3.20. The second-order valence-corrected chi connectivity index (χ2v) is 8.29. The zero-order chi connectivity index (χ0) is 22.7. The molecule has 8 nitrogen and oxygen atoms in total. The summed E-state index contributed by atoms with van der Waals surface area (Å²) in [6.07, 6.45) is 2.99. The number of nitrogens with one attached hydrogen (secondary N) is 2. The minimum absolute atomic E-state index is 0.00658. The Balaban J connectivity index is 1.45. The third-order valence-electron chi connectivity index (χ3n) is 5.92. The number of benzene rings is 1. The standard InChI is InChI=1S/C23H25FN2O6/c24-15-7-3-6-14(11-15)18-8-9-19(31-18)22(29)25-16(10-13-4-1-2-5-13)21(28)26-17-12-20(27)32-23(17)30/h3,6-9,11,13,16-17,23,30H,1-2,4-5,10,12H2,(H,25,29)(H,26,28)/t16-,17?,23+/m0/s1. The summed E-state index contributed by atoms with van der Waals surface area (Å²) in [4.78, 5) is 37.1. The van der Waals surface area contributed by atoms with Crippen LogP contribution < -0.4 is 10.6 Å². The first-order valence-corrected chi connectivity index (χ1v) is 10.7. The van der Waals surface area contributed by atoms with E-state index in [0.717, 1.165) is 25.7 Å². The second-order valence-electron chi connectivity index (χ2n) is 8.29. The van der Waals surface area contributed by atoms with E-state index in [0.29, 0.717) is 17.7 Å². The predicted octanol–water partition coefficient (Wildman–Crippen LogP) is 2.51. The van der Waals surface area contributed by atoms with Crippen molar-refractivity contribution in [3.8, 4) is 11.3 Å². The van der Waals surface area contributed by atoms with Crippen LogP contribution in [-0.4, -0.2) is 41.3 Å². The fourth-order valence-electron chi connectivity index (χ4n) is 4.25. The molecule has 1 aromatic heterocycles. The molecule has 32 heavy (non-hydrogen) atoms. The zero-order valence-corrected chi connectivity index (χ0v) is 17.4. The lowest BCUT2D eigenvalue weighted by atomic mass is 9.97. The largest absolute Gasteiger partial charge is 0.451 e. The average Bonchev–Trinajstić information content (AvgIpc) is 3.50. The number of aliphatic hydroxyl groups is 1. The van der Waals surface area contributed by atoms with Gasteiger partial charge in [0.05, 0.1) is 6.42 Å². The summed E-state index contributed by atoms with van der Waals surface area (Å²) < 4.78 is 23.7. The number of hydrogen-bond donors (Lipinski definition) is 3. The number of rotatable bonds is 7. The number of carbonyl (C=O) groups excluding carboxylic acids is 3. The SMILES string of the molecule is O=C1CC(NC(=O)[C@H](CC2CCCC2)NC(=O)c2ccc(-c3cccc(F)c3)o2)[C@H](O)O1. The van der Waals surface area contributed by atoms with Gasteiger partial charge in [0.1, 0.15) is 23.7 Å². The molecule has 9 heteroatoms. The Morgan fingerprint density at radius 2 is 1.97 bits per heavy atom. The van der Waals surface area contributed by atoms with E-state index >= 15 is 0 Å². The van der Waals surface area contributed by atoms with Gasteiger partial charge in [0.15, 0.2) is 5.76 Å². The van der Waals surface area contributed by atoms with Crippen molar-refractivity contribution in [2.45, 2.75) is 56.9 Å². The Morgan fingerprint density at radius 1 is 1.19 bits per heavy atom. The van der Waals surface area contributed by atoms with Crippen molar-refractivity contribution in [2.24, 2.45) is 5.92 Å². The predicted molar refractivity (Wildman–Crippen MR) is 111 cm³/mol. The van der Waals surface area contributed by atoms with Crippen LogP contribution in [0.4, 0.5) is 4.39 Å². The number of hydrogen-bond acceptors (Lipinski definition) is 6. The summed E-state index contributed by atoms with van der Waals surface area (Å²) in [6.45, 7) is 0. The van der Waals surface area contributed by atoms with Gasteiger partial charge in [-0.3, -0.25) is 14.4 Å². The first-order valence-electron chi connectivity index (χ1n) is 10.7. The Labute approximate surface area is 184 Å². The quantitative estimate of drug-likeness (QED) is 0.565. The molecule has 1 aromatic carbocycles. The van der Waals surface area contributed by atoms with Crippen molar-refractivity contribution in [1.29, 1.82) is 0 Å². The third-order valence-corrected chi connectivity index (χ3v) is 5.92. The summed E-state index contributed by atoms with van der Waals surface area (Å²) in [6, 6.07) is 7.12. The maximum absolute atomic E-state index is 13.5. The second kappa shape index (κ2) is 9.52. The third kappa shape index (κ3) is 5.16. The summed E-state index contributed by atoms with van der Waals surface area (Å²) in [5.41, 5.74) is 0.490. The average molecular weight is 444 g/mol. The Kier molecular flexibility index (Phi) is 6.55. The molecule has 2 aromatic rings. The molecule has 2 amide bonds. The molecule has 170 valence electrons. The van der Waals surface area contributed by atoms with Gasteiger partial charge in [0.25, 0.3) is 5.91 Å². The number of aliphatic hydroxyl groups excluding tert-OH is 1. The smallest absolute Gasteiger partial charge is 0.310 e. The van der Waals surface area contributed by atoms with Crippen molar-refractivity contribution >= 4 is 17.8 Å². The lowest BCUT2D eigenvalue weighted by Gasteiger charge is -2.23. The van der Waals surface area contributed by atoms with E-state index in [1.165, 1.54) is 18.2 Å². The maximum Gasteiger partial charge on any atom is 0.310 e. The number of amides is 2. The van der Waals surface area contributed by atoms with Gasteiger partial charge in [-0.25, -0.2) is 4.39 Å². The lowest BCUT2D eigenvalue weighted by Crippen LogP contribution is -2.52. The normalized spacial score (nSPS) is 21.9. The van der Waals surface area contributed by atoms with Gasteiger partial charge in [0, 0.05) is 5.56 Å². The first kappa shape index (κ1) is 22.0. The Morgan fingerprint density at radius 3 is 2.66 bits per heavy atom. The molecule has 1 aliphatic carbocycles. The minimum atomic E-state index is -1.41. The van der Waals surface area contributed by atoms with Gasteiger partial charge in [-0.05, 0) is 36.6 Å². The van der Waals surface area contributed by atoms with E-state index in [1.54, 1.807) is 18.2 Å². The lowest BCUT2D eigenvalue weighted by molar-refractivity contribution is -0.155. The van der Waals surface area contributed by atoms with Crippen molar-refractivity contribution in [3.63, 3.8) is 0 Å². The highest BCUT2D eigenvalue weighted by atomic mass is 19.1. The highest BCUT2D eigenvalue weighted by Gasteiger charge is 2.37. The van der Waals surface area contributed by atoms with Crippen molar-refractivity contribution < 1.29 is 33.0 Å². The monoisotopic (exact) mass is 444 g/mol. The molecule has 0 bridgehead atoms. The van der Waals surface area contributed by atoms with Crippen LogP contribution in [0.1, 0.15) is 49.1 Å². The molecule has 4 rings (SSSR count). The molecule has 1 aliphatic heterocycles. The van der Waals surface area contributed by atoms with Crippen LogP contribution >= 0.6 is 0 Å².